The molecule has 2 heterocycles. The van der Waals surface area contributed by atoms with Crippen molar-refractivity contribution in [2.24, 2.45) is 5.92 Å². The third-order valence-corrected chi connectivity index (χ3v) is 19.7. The van der Waals surface area contributed by atoms with Crippen LogP contribution in [0.3, 0.4) is 0 Å². The van der Waals surface area contributed by atoms with Crippen LogP contribution in [0.25, 0.3) is 0 Å². The molecule has 534 valence electrons. The maximum absolute atomic E-state index is 14.3. The molecule has 3 atom stereocenters. The molecule has 7 rings (SSSR count). The second-order valence-electron chi connectivity index (χ2n) is 26.8. The van der Waals surface area contributed by atoms with E-state index in [4.69, 9.17) is 9.29 Å². The van der Waals surface area contributed by atoms with Gasteiger partial charge in [-0.1, -0.05) is 125 Å². The van der Waals surface area contributed by atoms with Gasteiger partial charge in [0.05, 0.1) is 23.1 Å². The number of carboxylic acids is 2. The van der Waals surface area contributed by atoms with Crippen LogP contribution < -0.4 is 30.9 Å². The van der Waals surface area contributed by atoms with Gasteiger partial charge in [-0.25, -0.2) is 9.59 Å². The van der Waals surface area contributed by atoms with Crippen LogP contribution >= 0.6 is 0 Å². The Morgan fingerprint density at radius 2 is 1.31 bits per heavy atom. The molecule has 8 N–H and O–H groups in total. The number of urea groups is 1. The third kappa shape index (κ3) is 23.5. The highest BCUT2D eigenvalue weighted by Gasteiger charge is 2.44. The number of nitrogens with one attached hydrogen (secondary N) is 4. The number of fused-ring (bicyclic) bond motifs is 2. The number of ketones is 2. The van der Waals surface area contributed by atoms with Crippen LogP contribution in [0.1, 0.15) is 172 Å². The predicted molar refractivity (Wildman–Crippen MR) is 380 cm³/mol. The topological polar surface area (TPSA) is 332 Å². The standard InChI is InChI=1S/C75H96N6O16S2/c1-6-7-19-45-80-63-30-17-15-28-59(63)74(2,3)66(80)41-35-54-25-22-26-55(36-42-67-75(4,5)60-29-16-18-31-64(60)81(67)46-20-21-47-98(91,92)93)70(54)97-58-38-33-53(34-39-58)48-56(71(86)87)50-65(83)62(49-52-23-11-10-12-24-52)78-69(85)32-14-9-8-13-27-57(82)37-40-61(72(88)89)79-73(90)76-44-43-68(84)77-51-99(94,95)96/h10-12,15-18,23-24,28-31,33-36,38-39,41-42,56,61-62H,6-9,13-14,19-22,25-27,32,37,40,43-51H2,1-5H3,(H7-,76,77,78,79,84,85,86,87,88,89,90,91,92,93,94,95,96)/p+1/t56-,61+,62+/m1/s1. The van der Waals surface area contributed by atoms with Gasteiger partial charge < -0.3 is 41.1 Å². The average Bonchev–Trinajstić information content (AvgIpc) is 1.61. The van der Waals surface area contributed by atoms with Crippen molar-refractivity contribution >= 4 is 78.7 Å². The van der Waals surface area contributed by atoms with Gasteiger partial charge in [-0.2, -0.15) is 21.4 Å². The summed E-state index contributed by atoms with van der Waals surface area (Å²) >= 11 is 0. The number of aliphatic carboxylic acids is 2. The van der Waals surface area contributed by atoms with Crippen molar-refractivity contribution in [3.63, 3.8) is 0 Å². The second-order valence-corrected chi connectivity index (χ2v) is 29.8. The van der Waals surface area contributed by atoms with Crippen molar-refractivity contribution in [2.45, 2.75) is 186 Å². The molecule has 99 heavy (non-hydrogen) atoms. The summed E-state index contributed by atoms with van der Waals surface area (Å²) in [7, 11) is -8.55. The summed E-state index contributed by atoms with van der Waals surface area (Å²) in [5, 5.41) is 29.6. The molecular weight excluding hydrogens is 1300 g/mol. The lowest BCUT2D eigenvalue weighted by molar-refractivity contribution is -0.438. The summed E-state index contributed by atoms with van der Waals surface area (Å²) in [4.78, 5) is 91.5. The monoisotopic (exact) mass is 1400 g/mol. The third-order valence-electron chi connectivity index (χ3n) is 18.4. The van der Waals surface area contributed by atoms with E-state index in [1.807, 2.05) is 72.0 Å². The number of carboxylic acid groups (broad SMARTS) is 2. The summed E-state index contributed by atoms with van der Waals surface area (Å²) in [6.45, 7) is 12.3. The molecule has 0 aromatic heterocycles. The Morgan fingerprint density at radius 1 is 0.636 bits per heavy atom. The van der Waals surface area contributed by atoms with Crippen molar-refractivity contribution in [1.29, 1.82) is 0 Å². The molecule has 0 saturated heterocycles. The first-order valence-electron chi connectivity index (χ1n) is 34.3. The van der Waals surface area contributed by atoms with Crippen LogP contribution in [0.15, 0.2) is 150 Å². The molecule has 4 aromatic carbocycles. The van der Waals surface area contributed by atoms with Crippen molar-refractivity contribution in [2.75, 3.05) is 36.2 Å². The smallest absolute Gasteiger partial charge is 0.326 e. The first-order chi connectivity index (χ1) is 47.0. The molecule has 0 bridgehead atoms. The van der Waals surface area contributed by atoms with Crippen molar-refractivity contribution in [1.82, 2.24) is 21.3 Å². The van der Waals surface area contributed by atoms with E-state index in [-0.39, 0.29) is 74.9 Å². The number of carbonyl (C=O) groups excluding carboxylic acids is 5. The van der Waals surface area contributed by atoms with Crippen molar-refractivity contribution < 1.29 is 79.0 Å². The minimum atomic E-state index is -4.44. The van der Waals surface area contributed by atoms with Crippen molar-refractivity contribution in [3.05, 3.63) is 172 Å². The Labute approximate surface area is 582 Å². The van der Waals surface area contributed by atoms with Gasteiger partial charge in [-0.3, -0.25) is 33.1 Å². The molecule has 22 nitrogen and oxygen atoms in total. The molecule has 3 aliphatic rings. The maximum atomic E-state index is 14.3. The van der Waals surface area contributed by atoms with Gasteiger partial charge in [0.2, 0.25) is 17.5 Å². The largest absolute Gasteiger partial charge is 0.481 e. The summed E-state index contributed by atoms with van der Waals surface area (Å²) in [6.07, 6.45) is 16.5. The van der Waals surface area contributed by atoms with E-state index < -0.39 is 85.1 Å². The lowest BCUT2D eigenvalue weighted by Gasteiger charge is -2.27. The van der Waals surface area contributed by atoms with Crippen LogP contribution in [0, 0.1) is 5.92 Å². The molecule has 4 amide bonds. The number of rotatable bonds is 40. The number of Topliss-reactive ketones (excluding diaryl/α,β-unsaturated/α-hetero) is 2. The summed E-state index contributed by atoms with van der Waals surface area (Å²) in [5.41, 5.74) is 9.65. The van der Waals surface area contributed by atoms with Gasteiger partial charge in [-0.05, 0) is 143 Å². The van der Waals surface area contributed by atoms with Gasteiger partial charge in [0.1, 0.15) is 35.8 Å². The number of hydrogen-bond acceptors (Lipinski definition) is 13. The summed E-state index contributed by atoms with van der Waals surface area (Å²) in [6, 6.07) is 29.9. The normalized spacial score (nSPS) is 16.7. The van der Waals surface area contributed by atoms with Gasteiger partial charge in [0.25, 0.3) is 20.2 Å². The van der Waals surface area contributed by atoms with Crippen LogP contribution in [0.2, 0.25) is 0 Å². The highest BCUT2D eigenvalue weighted by molar-refractivity contribution is 7.86. The molecular formula is C75H97N6O16S2+. The molecule has 2 aliphatic heterocycles. The Bertz CT molecular complexity index is 3930. The molecule has 0 radical (unpaired) electrons. The quantitative estimate of drug-likeness (QED) is 0.0117. The van der Waals surface area contributed by atoms with Gasteiger partial charge in [0, 0.05) is 86.1 Å². The number of nitrogens with zero attached hydrogens (tertiary/aromatic N) is 2. The summed E-state index contributed by atoms with van der Waals surface area (Å²) < 4.78 is 72.7. The zero-order chi connectivity index (χ0) is 71.9. The Balaban J connectivity index is 1.01. The molecule has 24 heteroatoms. The molecule has 0 unspecified atom stereocenters. The van der Waals surface area contributed by atoms with E-state index in [1.165, 1.54) is 17.0 Å². The maximum Gasteiger partial charge on any atom is 0.326 e. The molecule has 0 saturated carbocycles. The van der Waals surface area contributed by atoms with Crippen LogP contribution in [-0.4, -0.2) is 131 Å². The van der Waals surface area contributed by atoms with E-state index in [9.17, 15) is 65.2 Å². The SMILES string of the molecule is CCCCC[N+]1=C(/C=C/C2=C(Oc3ccc(C[C@H](CC(=O)[C@H](Cc4ccccc4)NC(=O)CCCCCCC(=O)CC[C@H](NC(=O)NCCC(=O)NCS(=O)(=O)O)C(=O)O)C(=O)O)cc3)C(=C/C=C3/N(CCCCS(=O)(=O)O)c4ccccc4C3(C)C)/CCC2)C(C)(C)c2ccccc21. The number of ether oxygens (including phenoxy) is 1. The number of para-hydroxylation sites is 2. The van der Waals surface area contributed by atoms with Crippen LogP contribution in [0.5, 0.6) is 5.75 Å². The first-order valence-corrected chi connectivity index (χ1v) is 37.5. The van der Waals surface area contributed by atoms with E-state index in [0.717, 1.165) is 78.7 Å². The van der Waals surface area contributed by atoms with Crippen molar-refractivity contribution in [3.8, 4) is 5.75 Å². The highest BCUT2D eigenvalue weighted by Crippen LogP contribution is 2.48. The Hall–Kier alpha value is -8.58. The van der Waals surface area contributed by atoms with E-state index in [1.54, 1.807) is 0 Å². The molecule has 1 aliphatic carbocycles. The molecule has 0 fully saturated rings. The fraction of sp³-hybridized carbons (Fsp3) is 0.467. The second kappa shape index (κ2) is 36.5. The first kappa shape index (κ1) is 77.8. The molecule has 4 aromatic rings. The van der Waals surface area contributed by atoms with Crippen LogP contribution in [-0.2, 0) is 72.7 Å². The van der Waals surface area contributed by atoms with Gasteiger partial charge >= 0.3 is 18.0 Å². The van der Waals surface area contributed by atoms with E-state index in [2.05, 4.69) is 121 Å². The fourth-order valence-electron chi connectivity index (χ4n) is 13.0. The van der Waals surface area contributed by atoms with Gasteiger partial charge in [0.15, 0.2) is 11.5 Å². The van der Waals surface area contributed by atoms with Crippen LogP contribution in [0.4, 0.5) is 16.2 Å². The number of hydrogen-bond donors (Lipinski definition) is 8. The number of amides is 4. The Morgan fingerprint density at radius 3 is 2.00 bits per heavy atom. The lowest BCUT2D eigenvalue weighted by Crippen LogP contribution is -2.46. The number of benzene rings is 4. The number of anilines is 1. The van der Waals surface area contributed by atoms with E-state index in [0.29, 0.717) is 62.1 Å². The number of carbonyl (C=O) groups is 7. The molecule has 0 spiro atoms. The van der Waals surface area contributed by atoms with Gasteiger partial charge in [-0.15, -0.1) is 0 Å². The lowest BCUT2D eigenvalue weighted by atomic mass is 9.81. The highest BCUT2D eigenvalue weighted by atomic mass is 32.2. The zero-order valence-electron chi connectivity index (χ0n) is 57.4. The number of allylic oxidation sites excluding steroid dienone is 7. The predicted octanol–water partition coefficient (Wildman–Crippen LogP) is 11.3. The minimum absolute atomic E-state index is 0.0191. The zero-order valence-corrected chi connectivity index (χ0v) is 59.1. The number of unbranched alkanes of at least 4 members (excludes halogenated alkanes) is 6. The fourth-order valence-corrected chi connectivity index (χ4v) is 14.0. The Kier molecular flexibility index (Phi) is 28.7. The minimum Gasteiger partial charge on any atom is -0.481 e. The van der Waals surface area contributed by atoms with E-state index >= 15 is 0 Å². The average molecular weight is 1400 g/mol. The summed E-state index contributed by atoms with van der Waals surface area (Å²) in [5.74, 6) is -5.60.